The summed E-state index contributed by atoms with van der Waals surface area (Å²) in [6.45, 7) is 11.7. The van der Waals surface area contributed by atoms with E-state index in [0.717, 1.165) is 33.6 Å². The summed E-state index contributed by atoms with van der Waals surface area (Å²) < 4.78 is 3.35. The Labute approximate surface area is 221 Å². The van der Waals surface area contributed by atoms with Crippen molar-refractivity contribution in [3.05, 3.63) is 80.4 Å². The molecular formula is C28H36N4O2S2. The van der Waals surface area contributed by atoms with E-state index in [1.54, 1.807) is 32.9 Å². The number of rotatable bonds is 6. The average molecular weight is 525 g/mol. The Kier molecular flexibility index (Phi) is 9.19. The Balaban J connectivity index is 0.000000201. The number of aromatic nitrogens is 4. The van der Waals surface area contributed by atoms with Gasteiger partial charge in [-0.25, -0.2) is 9.36 Å². The fourth-order valence-corrected chi connectivity index (χ4v) is 4.71. The van der Waals surface area contributed by atoms with Crippen LogP contribution in [0, 0.1) is 13.8 Å². The molecular weight excluding hydrogens is 488 g/mol. The molecule has 0 radical (unpaired) electrons. The lowest BCUT2D eigenvalue weighted by Crippen LogP contribution is -2.19. The molecule has 2 heterocycles. The maximum Gasteiger partial charge on any atom is 0.270 e. The van der Waals surface area contributed by atoms with Crippen LogP contribution >= 0.6 is 23.5 Å². The summed E-state index contributed by atoms with van der Waals surface area (Å²) in [5.41, 5.74) is 5.63. The molecule has 0 amide bonds. The Morgan fingerprint density at radius 1 is 0.611 bits per heavy atom. The molecule has 192 valence electrons. The SMILES string of the molecule is CSc1ccc(-c2[nH]n(C(C)C)c(=O)c2C)cc1.CSc1ccc(-c2[nH]n(C(C)C)c(=O)c2C)cc1. The van der Waals surface area contributed by atoms with E-state index in [2.05, 4.69) is 71.2 Å². The van der Waals surface area contributed by atoms with Crippen LogP contribution in [0.4, 0.5) is 0 Å². The van der Waals surface area contributed by atoms with E-state index in [1.165, 1.54) is 9.79 Å². The second kappa shape index (κ2) is 11.9. The summed E-state index contributed by atoms with van der Waals surface area (Å²) in [6, 6.07) is 16.8. The Bertz CT molecular complexity index is 1300. The van der Waals surface area contributed by atoms with Crippen LogP contribution < -0.4 is 11.1 Å². The van der Waals surface area contributed by atoms with Crippen molar-refractivity contribution in [1.29, 1.82) is 0 Å². The minimum absolute atomic E-state index is 0.0638. The molecule has 4 rings (SSSR count). The van der Waals surface area contributed by atoms with Gasteiger partial charge in [0.05, 0.1) is 11.4 Å². The van der Waals surface area contributed by atoms with E-state index in [-0.39, 0.29) is 23.2 Å². The number of nitrogens with one attached hydrogen (secondary N) is 2. The van der Waals surface area contributed by atoms with E-state index in [9.17, 15) is 9.59 Å². The van der Waals surface area contributed by atoms with Crippen molar-refractivity contribution < 1.29 is 0 Å². The molecule has 0 atom stereocenters. The predicted molar refractivity (Wildman–Crippen MR) is 155 cm³/mol. The topological polar surface area (TPSA) is 75.6 Å². The number of aromatic amines is 2. The van der Waals surface area contributed by atoms with Crippen molar-refractivity contribution in [2.75, 3.05) is 12.5 Å². The molecule has 0 unspecified atom stereocenters. The van der Waals surface area contributed by atoms with Gasteiger partial charge in [-0.3, -0.25) is 19.8 Å². The van der Waals surface area contributed by atoms with Crippen molar-refractivity contribution in [1.82, 2.24) is 19.6 Å². The van der Waals surface area contributed by atoms with Gasteiger partial charge in [0.15, 0.2) is 0 Å². The van der Waals surface area contributed by atoms with Gasteiger partial charge in [0.2, 0.25) is 0 Å². The average Bonchev–Trinajstić information content (AvgIpc) is 3.35. The van der Waals surface area contributed by atoms with E-state index < -0.39 is 0 Å². The van der Waals surface area contributed by atoms with Gasteiger partial charge in [-0.2, -0.15) is 0 Å². The maximum atomic E-state index is 12.1. The van der Waals surface area contributed by atoms with E-state index in [1.807, 2.05) is 41.5 Å². The van der Waals surface area contributed by atoms with Crippen LogP contribution in [0.3, 0.4) is 0 Å². The van der Waals surface area contributed by atoms with Gasteiger partial charge in [0, 0.05) is 33.0 Å². The molecule has 0 aliphatic rings. The number of benzene rings is 2. The van der Waals surface area contributed by atoms with Gasteiger partial charge < -0.3 is 0 Å². The molecule has 4 aromatic rings. The van der Waals surface area contributed by atoms with Gasteiger partial charge in [-0.15, -0.1) is 23.5 Å². The number of hydrogen-bond acceptors (Lipinski definition) is 4. The first-order chi connectivity index (χ1) is 17.1. The van der Waals surface area contributed by atoms with Crippen LogP contribution in [0.15, 0.2) is 67.9 Å². The largest absolute Gasteiger partial charge is 0.294 e. The number of hydrogen-bond donors (Lipinski definition) is 2. The second-order valence-electron chi connectivity index (χ2n) is 9.22. The smallest absolute Gasteiger partial charge is 0.270 e. The van der Waals surface area contributed by atoms with Gasteiger partial charge >= 0.3 is 0 Å². The molecule has 0 fully saturated rings. The molecule has 0 spiro atoms. The first-order valence-electron chi connectivity index (χ1n) is 12.0. The van der Waals surface area contributed by atoms with Gasteiger partial charge in [0.1, 0.15) is 0 Å². The molecule has 2 aromatic heterocycles. The van der Waals surface area contributed by atoms with Gasteiger partial charge in [-0.1, -0.05) is 24.3 Å². The quantitative estimate of drug-likeness (QED) is 0.269. The normalized spacial score (nSPS) is 11.2. The lowest BCUT2D eigenvalue weighted by molar-refractivity contribution is 0.517. The highest BCUT2D eigenvalue weighted by molar-refractivity contribution is 7.98. The predicted octanol–water partition coefficient (Wildman–Crippen LogP) is 6.91. The first kappa shape index (κ1) is 27.7. The third-order valence-corrected chi connectivity index (χ3v) is 7.57. The van der Waals surface area contributed by atoms with Crippen LogP contribution in [0.1, 0.15) is 50.9 Å². The first-order valence-corrected chi connectivity index (χ1v) is 14.4. The molecule has 0 saturated carbocycles. The molecule has 8 heteroatoms. The maximum absolute atomic E-state index is 12.1. The minimum Gasteiger partial charge on any atom is -0.294 e. The van der Waals surface area contributed by atoms with Crippen molar-refractivity contribution in [3.63, 3.8) is 0 Å². The summed E-state index contributed by atoms with van der Waals surface area (Å²) in [5, 5.41) is 6.40. The monoisotopic (exact) mass is 524 g/mol. The summed E-state index contributed by atoms with van der Waals surface area (Å²) in [6.07, 6.45) is 4.11. The minimum atomic E-state index is 0.0638. The van der Waals surface area contributed by atoms with Crippen molar-refractivity contribution in [3.8, 4) is 22.5 Å². The fraction of sp³-hybridized carbons (Fsp3) is 0.357. The van der Waals surface area contributed by atoms with E-state index >= 15 is 0 Å². The second-order valence-corrected chi connectivity index (χ2v) is 11.0. The molecule has 6 nitrogen and oxygen atoms in total. The van der Waals surface area contributed by atoms with Crippen LogP contribution in [0.2, 0.25) is 0 Å². The Morgan fingerprint density at radius 3 is 1.14 bits per heavy atom. The third kappa shape index (κ3) is 5.93. The molecule has 2 N–H and O–H groups in total. The lowest BCUT2D eigenvalue weighted by atomic mass is 10.1. The number of H-pyrrole nitrogens is 2. The van der Waals surface area contributed by atoms with Crippen LogP contribution in [-0.2, 0) is 0 Å². The third-order valence-electron chi connectivity index (χ3n) is 6.08. The lowest BCUT2D eigenvalue weighted by Gasteiger charge is -2.05. The zero-order valence-electron chi connectivity index (χ0n) is 22.3. The van der Waals surface area contributed by atoms with Crippen LogP contribution in [0.25, 0.3) is 22.5 Å². The van der Waals surface area contributed by atoms with Crippen molar-refractivity contribution in [2.24, 2.45) is 0 Å². The Morgan fingerprint density at radius 2 is 0.917 bits per heavy atom. The van der Waals surface area contributed by atoms with Gasteiger partial charge in [-0.05, 0) is 89.4 Å². The molecule has 0 saturated heterocycles. The standard InChI is InChI=1S/2C14H18N2OS/c2*1-9(2)16-14(17)10(3)13(15-16)11-5-7-12(18-4)8-6-11/h2*5-9,15H,1-4H3. The fourth-order valence-electron chi connectivity index (χ4n) is 3.89. The summed E-state index contributed by atoms with van der Waals surface area (Å²) in [5.74, 6) is 0. The summed E-state index contributed by atoms with van der Waals surface area (Å²) >= 11 is 3.43. The zero-order chi connectivity index (χ0) is 26.6. The number of nitrogens with zero attached hydrogens (tertiary/aromatic N) is 2. The van der Waals surface area contributed by atoms with E-state index in [0.29, 0.717) is 0 Å². The molecule has 2 aromatic carbocycles. The van der Waals surface area contributed by atoms with Crippen LogP contribution in [0.5, 0.6) is 0 Å². The summed E-state index contributed by atoms with van der Waals surface area (Å²) in [7, 11) is 0. The highest BCUT2D eigenvalue weighted by Crippen LogP contribution is 2.24. The molecule has 36 heavy (non-hydrogen) atoms. The Hall–Kier alpha value is -2.84. The molecule has 0 aliphatic carbocycles. The summed E-state index contributed by atoms with van der Waals surface area (Å²) in [4.78, 5) is 26.6. The van der Waals surface area contributed by atoms with Crippen LogP contribution in [-0.4, -0.2) is 32.1 Å². The molecule has 0 aliphatic heterocycles. The van der Waals surface area contributed by atoms with Gasteiger partial charge in [0.25, 0.3) is 11.1 Å². The highest BCUT2D eigenvalue weighted by Gasteiger charge is 2.14. The highest BCUT2D eigenvalue weighted by atomic mass is 32.2. The van der Waals surface area contributed by atoms with Crippen molar-refractivity contribution >= 4 is 23.5 Å². The van der Waals surface area contributed by atoms with Crippen molar-refractivity contribution in [2.45, 2.75) is 63.4 Å². The van der Waals surface area contributed by atoms with E-state index in [4.69, 9.17) is 0 Å². The number of thioether (sulfide) groups is 2. The molecule has 0 bridgehead atoms. The zero-order valence-corrected chi connectivity index (χ0v) is 23.9.